The van der Waals surface area contributed by atoms with Gasteiger partial charge < -0.3 is 10.2 Å². The largest absolute Gasteiger partial charge is 0.307 e. The summed E-state index contributed by atoms with van der Waals surface area (Å²) >= 11 is 3.52. The third kappa shape index (κ3) is 5.08. The molecule has 3 heteroatoms. The smallest absolute Gasteiger partial charge is 0.0320 e. The van der Waals surface area contributed by atoms with Crippen LogP contribution in [0.1, 0.15) is 58.1 Å². The number of hydrogen-bond acceptors (Lipinski definition) is 2. The van der Waals surface area contributed by atoms with Crippen LogP contribution in [0.3, 0.4) is 0 Å². The summed E-state index contributed by atoms with van der Waals surface area (Å²) < 4.78 is 1.16. The molecule has 1 aliphatic rings. The van der Waals surface area contributed by atoms with E-state index in [4.69, 9.17) is 0 Å². The molecule has 0 radical (unpaired) electrons. The molecular weight excluding hydrogens is 324 g/mol. The maximum absolute atomic E-state index is 3.90. The van der Waals surface area contributed by atoms with Crippen LogP contribution in [-0.4, -0.2) is 30.1 Å². The minimum atomic E-state index is 0.480. The van der Waals surface area contributed by atoms with Crippen LogP contribution in [0.5, 0.6) is 0 Å². The van der Waals surface area contributed by atoms with Crippen molar-refractivity contribution in [2.24, 2.45) is 0 Å². The highest BCUT2D eigenvalue weighted by Gasteiger charge is 2.21. The maximum atomic E-state index is 3.90. The molecule has 2 rings (SSSR count). The number of likely N-dealkylation sites (tertiary alicyclic amines) is 1. The molecule has 1 saturated heterocycles. The Bertz CT molecular complexity index is 416. The highest BCUT2D eigenvalue weighted by atomic mass is 79.9. The van der Waals surface area contributed by atoms with Crippen LogP contribution in [0, 0.1) is 0 Å². The summed E-state index contributed by atoms with van der Waals surface area (Å²) in [6.45, 7) is 9.38. The van der Waals surface area contributed by atoms with E-state index in [9.17, 15) is 0 Å². The second-order valence-electron chi connectivity index (χ2n) is 6.44. The Balaban J connectivity index is 1.94. The molecular formula is C18H29BrN2. The van der Waals surface area contributed by atoms with Gasteiger partial charge in [0.05, 0.1) is 0 Å². The van der Waals surface area contributed by atoms with Gasteiger partial charge in [-0.25, -0.2) is 0 Å². The molecule has 2 atom stereocenters. The van der Waals surface area contributed by atoms with E-state index >= 15 is 0 Å². The predicted molar refractivity (Wildman–Crippen MR) is 94.7 cm³/mol. The van der Waals surface area contributed by atoms with Gasteiger partial charge in [-0.15, -0.1) is 0 Å². The van der Waals surface area contributed by atoms with Crippen LogP contribution in [0.2, 0.25) is 0 Å². The lowest BCUT2D eigenvalue weighted by Crippen LogP contribution is -2.35. The minimum Gasteiger partial charge on any atom is -0.307 e. The van der Waals surface area contributed by atoms with Crippen LogP contribution < -0.4 is 5.32 Å². The van der Waals surface area contributed by atoms with Crippen LogP contribution in [0.4, 0.5) is 0 Å². The Morgan fingerprint density at radius 1 is 1.19 bits per heavy atom. The molecule has 2 nitrogen and oxygen atoms in total. The average molecular weight is 353 g/mol. The van der Waals surface area contributed by atoms with Gasteiger partial charge in [0.2, 0.25) is 0 Å². The van der Waals surface area contributed by atoms with Crippen molar-refractivity contribution in [3.8, 4) is 0 Å². The van der Waals surface area contributed by atoms with Crippen molar-refractivity contribution < 1.29 is 0 Å². The molecule has 0 bridgehead atoms. The molecule has 2 unspecified atom stereocenters. The Labute approximate surface area is 138 Å². The first-order valence-electron chi connectivity index (χ1n) is 8.35. The van der Waals surface area contributed by atoms with Crippen molar-refractivity contribution in [3.05, 3.63) is 34.3 Å². The van der Waals surface area contributed by atoms with Gasteiger partial charge in [-0.2, -0.15) is 0 Å². The first-order chi connectivity index (χ1) is 10.1. The quantitative estimate of drug-likeness (QED) is 0.822. The van der Waals surface area contributed by atoms with Crippen LogP contribution >= 0.6 is 15.9 Å². The molecule has 1 aromatic carbocycles. The van der Waals surface area contributed by atoms with Gasteiger partial charge in [0.15, 0.2) is 0 Å². The summed E-state index contributed by atoms with van der Waals surface area (Å²) in [5.41, 5.74) is 1.41. The fraction of sp³-hybridized carbons (Fsp3) is 0.667. The molecule has 1 aliphatic heterocycles. The number of nitrogens with zero attached hydrogens (tertiary/aromatic N) is 1. The number of halogens is 1. The van der Waals surface area contributed by atoms with E-state index in [0.717, 1.165) is 10.9 Å². The van der Waals surface area contributed by atoms with Gasteiger partial charge in [-0.3, -0.25) is 0 Å². The van der Waals surface area contributed by atoms with Crippen LogP contribution in [-0.2, 0) is 0 Å². The predicted octanol–water partition coefficient (Wildman–Crippen LogP) is 4.75. The number of rotatable bonds is 5. The van der Waals surface area contributed by atoms with E-state index in [0.29, 0.717) is 18.1 Å². The lowest BCUT2D eigenvalue weighted by atomic mass is 10.0. The standard InChI is InChI=1S/C18H29BrN2/c1-4-18(15-7-9-16(19)10-8-15)20-17-6-5-12-21(13-11-17)14(2)3/h7-10,14,17-18,20H,4-6,11-13H2,1-3H3. The van der Waals surface area contributed by atoms with Gasteiger partial charge in [0.25, 0.3) is 0 Å². The first kappa shape index (κ1) is 17.0. The van der Waals surface area contributed by atoms with Gasteiger partial charge in [0.1, 0.15) is 0 Å². The van der Waals surface area contributed by atoms with Crippen molar-refractivity contribution in [2.75, 3.05) is 13.1 Å². The minimum absolute atomic E-state index is 0.480. The highest BCUT2D eigenvalue weighted by molar-refractivity contribution is 9.10. The summed E-state index contributed by atoms with van der Waals surface area (Å²) in [6, 6.07) is 10.6. The third-order valence-corrected chi connectivity index (χ3v) is 5.14. The van der Waals surface area contributed by atoms with E-state index in [-0.39, 0.29) is 0 Å². The molecule has 0 amide bonds. The summed E-state index contributed by atoms with van der Waals surface area (Å²) in [5, 5.41) is 3.90. The van der Waals surface area contributed by atoms with E-state index in [1.807, 2.05) is 0 Å². The molecule has 1 N–H and O–H groups in total. The molecule has 1 aromatic rings. The van der Waals surface area contributed by atoms with Crippen molar-refractivity contribution in [1.29, 1.82) is 0 Å². The lowest BCUT2D eigenvalue weighted by molar-refractivity contribution is 0.228. The number of benzene rings is 1. The zero-order valence-corrected chi connectivity index (χ0v) is 15.2. The molecule has 0 saturated carbocycles. The summed E-state index contributed by atoms with van der Waals surface area (Å²) in [4.78, 5) is 2.61. The summed E-state index contributed by atoms with van der Waals surface area (Å²) in [5.74, 6) is 0. The van der Waals surface area contributed by atoms with Crippen molar-refractivity contribution >= 4 is 15.9 Å². The average Bonchev–Trinajstić information content (AvgIpc) is 2.71. The summed E-state index contributed by atoms with van der Waals surface area (Å²) in [7, 11) is 0. The zero-order chi connectivity index (χ0) is 15.2. The molecule has 1 fully saturated rings. The summed E-state index contributed by atoms with van der Waals surface area (Å²) in [6.07, 6.45) is 5.03. The van der Waals surface area contributed by atoms with Crippen molar-refractivity contribution in [1.82, 2.24) is 10.2 Å². The zero-order valence-electron chi connectivity index (χ0n) is 13.6. The molecule has 0 spiro atoms. The number of nitrogens with one attached hydrogen (secondary N) is 1. The number of hydrogen-bond donors (Lipinski definition) is 1. The van der Waals surface area contributed by atoms with Gasteiger partial charge in [0, 0.05) is 22.6 Å². The molecule has 21 heavy (non-hydrogen) atoms. The normalized spacial score (nSPS) is 22.2. The fourth-order valence-corrected chi connectivity index (χ4v) is 3.50. The van der Waals surface area contributed by atoms with Gasteiger partial charge in [-0.1, -0.05) is 35.0 Å². The molecule has 0 aliphatic carbocycles. The fourth-order valence-electron chi connectivity index (χ4n) is 3.23. The second-order valence-corrected chi connectivity index (χ2v) is 7.35. The highest BCUT2D eigenvalue weighted by Crippen LogP contribution is 2.22. The van der Waals surface area contributed by atoms with Crippen molar-refractivity contribution in [2.45, 2.75) is 64.6 Å². The van der Waals surface area contributed by atoms with Crippen LogP contribution in [0.15, 0.2) is 28.7 Å². The Morgan fingerprint density at radius 3 is 2.52 bits per heavy atom. The molecule has 1 heterocycles. The molecule has 0 aromatic heterocycles. The first-order valence-corrected chi connectivity index (χ1v) is 9.15. The van der Waals surface area contributed by atoms with Gasteiger partial charge in [-0.05, 0) is 70.3 Å². The SMILES string of the molecule is CCC(NC1CCCN(C(C)C)CC1)c1ccc(Br)cc1. The second kappa shape index (κ2) is 8.30. The van der Waals surface area contributed by atoms with Crippen LogP contribution in [0.25, 0.3) is 0 Å². The monoisotopic (exact) mass is 352 g/mol. The van der Waals surface area contributed by atoms with E-state index in [2.05, 4.69) is 71.2 Å². The Morgan fingerprint density at radius 2 is 1.90 bits per heavy atom. The third-order valence-electron chi connectivity index (χ3n) is 4.61. The maximum Gasteiger partial charge on any atom is 0.0320 e. The van der Waals surface area contributed by atoms with Gasteiger partial charge >= 0.3 is 0 Å². The van der Waals surface area contributed by atoms with E-state index in [1.54, 1.807) is 0 Å². The topological polar surface area (TPSA) is 15.3 Å². The van der Waals surface area contributed by atoms with E-state index < -0.39 is 0 Å². The Kier molecular flexibility index (Phi) is 6.72. The lowest BCUT2D eigenvalue weighted by Gasteiger charge is -2.26. The van der Waals surface area contributed by atoms with E-state index in [1.165, 1.54) is 37.9 Å². The Hall–Kier alpha value is -0.380. The molecule has 118 valence electrons. The van der Waals surface area contributed by atoms with Crippen molar-refractivity contribution in [3.63, 3.8) is 0 Å².